The lowest BCUT2D eigenvalue weighted by Gasteiger charge is -2.41. The van der Waals surface area contributed by atoms with Gasteiger partial charge in [0.15, 0.2) is 0 Å². The van der Waals surface area contributed by atoms with Gasteiger partial charge in [0.2, 0.25) is 11.8 Å². The fourth-order valence-electron chi connectivity index (χ4n) is 3.10. The lowest BCUT2D eigenvalue weighted by Crippen LogP contribution is -2.58. The Morgan fingerprint density at radius 3 is 2.79 bits per heavy atom. The van der Waals surface area contributed by atoms with E-state index in [9.17, 15) is 9.59 Å². The number of amides is 2. The third-order valence-electron chi connectivity index (χ3n) is 4.39. The summed E-state index contributed by atoms with van der Waals surface area (Å²) in [7, 11) is 1.60. The van der Waals surface area contributed by atoms with Gasteiger partial charge in [0.05, 0.1) is 18.8 Å². The average Bonchev–Trinajstić information content (AvgIpc) is 2.60. The molecular formula is C18H27N3O3. The second-order valence-corrected chi connectivity index (χ2v) is 6.03. The highest BCUT2D eigenvalue weighted by molar-refractivity contribution is 5.99. The number of ether oxygens (including phenoxy) is 1. The van der Waals surface area contributed by atoms with E-state index >= 15 is 0 Å². The molecule has 0 radical (unpaired) electrons. The molecule has 2 amide bonds. The number of hydrogen-bond acceptors (Lipinski definition) is 4. The molecule has 0 bridgehead atoms. The van der Waals surface area contributed by atoms with Gasteiger partial charge >= 0.3 is 0 Å². The fraction of sp³-hybridized carbons (Fsp3) is 0.556. The molecule has 0 saturated carbocycles. The van der Waals surface area contributed by atoms with Gasteiger partial charge in [-0.25, -0.2) is 0 Å². The zero-order valence-corrected chi connectivity index (χ0v) is 14.5. The number of carbonyl (C=O) groups excluding carboxylic acids is 2. The van der Waals surface area contributed by atoms with Crippen molar-refractivity contribution in [2.45, 2.75) is 38.6 Å². The van der Waals surface area contributed by atoms with E-state index in [1.54, 1.807) is 16.9 Å². The largest absolute Gasteiger partial charge is 0.495 e. The maximum Gasteiger partial charge on any atom is 0.246 e. The van der Waals surface area contributed by atoms with Crippen molar-refractivity contribution in [3.05, 3.63) is 24.3 Å². The van der Waals surface area contributed by atoms with Crippen LogP contribution in [0.15, 0.2) is 24.3 Å². The zero-order valence-electron chi connectivity index (χ0n) is 14.5. The maximum atomic E-state index is 12.6. The van der Waals surface area contributed by atoms with Crippen LogP contribution in [-0.4, -0.2) is 49.5 Å². The summed E-state index contributed by atoms with van der Waals surface area (Å²) in [5, 5.41) is 0. The third kappa shape index (κ3) is 4.06. The Morgan fingerprint density at radius 2 is 2.12 bits per heavy atom. The molecule has 2 rings (SSSR count). The van der Waals surface area contributed by atoms with Gasteiger partial charge in [-0.15, -0.1) is 0 Å². The van der Waals surface area contributed by atoms with E-state index in [1.807, 2.05) is 24.3 Å². The molecule has 1 aromatic carbocycles. The predicted molar refractivity (Wildman–Crippen MR) is 94.0 cm³/mol. The molecule has 24 heavy (non-hydrogen) atoms. The topological polar surface area (TPSA) is 75.9 Å². The quantitative estimate of drug-likeness (QED) is 0.825. The minimum absolute atomic E-state index is 0.0200. The second-order valence-electron chi connectivity index (χ2n) is 6.03. The highest BCUT2D eigenvalue weighted by Gasteiger charge is 2.35. The molecule has 2 N–H and O–H groups in total. The minimum atomic E-state index is -0.0855. The van der Waals surface area contributed by atoms with E-state index in [2.05, 4.69) is 6.92 Å². The van der Waals surface area contributed by atoms with Crippen molar-refractivity contribution in [3.8, 4) is 5.75 Å². The Labute approximate surface area is 143 Å². The molecule has 0 unspecified atom stereocenters. The molecule has 1 atom stereocenters. The van der Waals surface area contributed by atoms with Gasteiger partial charge < -0.3 is 20.3 Å². The average molecular weight is 333 g/mol. The highest BCUT2D eigenvalue weighted by Crippen LogP contribution is 2.31. The summed E-state index contributed by atoms with van der Waals surface area (Å²) in [5.41, 5.74) is 6.27. The molecule has 6 heteroatoms. The molecule has 0 aliphatic carbocycles. The number of nitrogens with two attached hydrogens (primary N) is 1. The zero-order chi connectivity index (χ0) is 17.5. The van der Waals surface area contributed by atoms with Crippen LogP contribution >= 0.6 is 0 Å². The van der Waals surface area contributed by atoms with Crippen LogP contribution in [-0.2, 0) is 9.59 Å². The van der Waals surface area contributed by atoms with Crippen molar-refractivity contribution >= 4 is 17.5 Å². The molecule has 1 aliphatic rings. The first-order chi connectivity index (χ1) is 11.6. The van der Waals surface area contributed by atoms with Crippen molar-refractivity contribution in [1.29, 1.82) is 0 Å². The van der Waals surface area contributed by atoms with Crippen molar-refractivity contribution < 1.29 is 14.3 Å². The number of para-hydroxylation sites is 2. The first-order valence-corrected chi connectivity index (χ1v) is 8.55. The van der Waals surface area contributed by atoms with Gasteiger partial charge in [-0.05, 0) is 18.6 Å². The molecule has 1 saturated heterocycles. The number of anilines is 1. The number of benzene rings is 1. The summed E-state index contributed by atoms with van der Waals surface area (Å²) in [6, 6.07) is 7.51. The number of unbranched alkanes of at least 4 members (excludes halogenated alkanes) is 1. The molecule has 1 aliphatic heterocycles. The van der Waals surface area contributed by atoms with E-state index in [4.69, 9.17) is 10.5 Å². The Balaban J connectivity index is 2.24. The van der Waals surface area contributed by atoms with Gasteiger partial charge in [-0.3, -0.25) is 9.59 Å². The third-order valence-corrected chi connectivity index (χ3v) is 4.39. The summed E-state index contributed by atoms with van der Waals surface area (Å²) >= 11 is 0. The molecule has 1 heterocycles. The standard InChI is InChI=1S/C18H27N3O3/c1-3-4-7-14-12-21(15-8-5-6-9-16(15)24-2)18(23)13-20(14)17(22)10-11-19/h5-6,8-9,14H,3-4,7,10-13,19H2,1-2H3/t14-/m1/s1. The van der Waals surface area contributed by atoms with E-state index in [0.717, 1.165) is 24.9 Å². The monoisotopic (exact) mass is 333 g/mol. The molecule has 132 valence electrons. The van der Waals surface area contributed by atoms with E-state index in [1.165, 1.54) is 0 Å². The van der Waals surface area contributed by atoms with Crippen LogP contribution in [0.4, 0.5) is 5.69 Å². The molecule has 0 aromatic heterocycles. The summed E-state index contributed by atoms with van der Waals surface area (Å²) in [6.07, 6.45) is 3.24. The van der Waals surface area contributed by atoms with Crippen molar-refractivity contribution in [3.63, 3.8) is 0 Å². The second kappa shape index (κ2) is 8.68. The van der Waals surface area contributed by atoms with Crippen LogP contribution in [0.25, 0.3) is 0 Å². The van der Waals surface area contributed by atoms with E-state index in [-0.39, 0.29) is 30.8 Å². The first-order valence-electron chi connectivity index (χ1n) is 8.55. The summed E-state index contributed by atoms with van der Waals surface area (Å²) < 4.78 is 5.39. The van der Waals surface area contributed by atoms with Crippen LogP contribution < -0.4 is 15.4 Å². The predicted octanol–water partition coefficient (Wildman–Crippen LogP) is 1.78. The van der Waals surface area contributed by atoms with Gasteiger partial charge in [-0.2, -0.15) is 0 Å². The number of carbonyl (C=O) groups is 2. The number of rotatable bonds is 7. The van der Waals surface area contributed by atoms with Crippen molar-refractivity contribution in [2.75, 3.05) is 31.6 Å². The van der Waals surface area contributed by atoms with Crippen LogP contribution in [0.2, 0.25) is 0 Å². The maximum absolute atomic E-state index is 12.6. The van der Waals surface area contributed by atoms with Crippen LogP contribution in [0.5, 0.6) is 5.75 Å². The first kappa shape index (κ1) is 18.3. The fourth-order valence-corrected chi connectivity index (χ4v) is 3.10. The van der Waals surface area contributed by atoms with Crippen LogP contribution in [0, 0.1) is 0 Å². The van der Waals surface area contributed by atoms with Crippen molar-refractivity contribution in [1.82, 2.24) is 4.90 Å². The molecule has 0 spiro atoms. The van der Waals surface area contributed by atoms with Gasteiger partial charge in [0, 0.05) is 19.5 Å². The van der Waals surface area contributed by atoms with Crippen molar-refractivity contribution in [2.24, 2.45) is 5.73 Å². The number of nitrogens with zero attached hydrogens (tertiary/aromatic N) is 2. The minimum Gasteiger partial charge on any atom is -0.495 e. The lowest BCUT2D eigenvalue weighted by atomic mass is 10.0. The molecule has 6 nitrogen and oxygen atoms in total. The normalized spacial score (nSPS) is 18.0. The van der Waals surface area contributed by atoms with Crippen LogP contribution in [0.3, 0.4) is 0 Å². The van der Waals surface area contributed by atoms with Gasteiger partial charge in [0.25, 0.3) is 0 Å². The number of hydrogen-bond donors (Lipinski definition) is 1. The lowest BCUT2D eigenvalue weighted by molar-refractivity contribution is -0.139. The smallest absolute Gasteiger partial charge is 0.246 e. The Kier molecular flexibility index (Phi) is 6.61. The summed E-state index contributed by atoms with van der Waals surface area (Å²) in [6.45, 7) is 3.03. The summed E-state index contributed by atoms with van der Waals surface area (Å²) in [4.78, 5) is 28.4. The number of methoxy groups -OCH3 is 1. The van der Waals surface area contributed by atoms with E-state index in [0.29, 0.717) is 18.8 Å². The Morgan fingerprint density at radius 1 is 1.38 bits per heavy atom. The Hall–Kier alpha value is -2.08. The molecular weight excluding hydrogens is 306 g/mol. The molecule has 1 fully saturated rings. The number of piperazine rings is 1. The summed E-state index contributed by atoms with van der Waals surface area (Å²) in [5.74, 6) is 0.547. The SMILES string of the molecule is CCCC[C@@H]1CN(c2ccccc2OC)C(=O)CN1C(=O)CCN. The highest BCUT2D eigenvalue weighted by atomic mass is 16.5. The molecule has 1 aromatic rings. The Bertz CT molecular complexity index is 576. The van der Waals surface area contributed by atoms with Gasteiger partial charge in [0.1, 0.15) is 12.3 Å². The van der Waals surface area contributed by atoms with Crippen LogP contribution in [0.1, 0.15) is 32.6 Å². The van der Waals surface area contributed by atoms with E-state index < -0.39 is 0 Å². The van der Waals surface area contributed by atoms with Gasteiger partial charge in [-0.1, -0.05) is 31.9 Å².